The van der Waals surface area contributed by atoms with E-state index in [0.717, 1.165) is 18.2 Å². The molecule has 2 amide bonds. The number of para-hydroxylation sites is 2. The molecule has 0 spiro atoms. The first-order chi connectivity index (χ1) is 17.5. The minimum Gasteiger partial charge on any atom is -0.492 e. The Balaban J connectivity index is 2.20. The van der Waals surface area contributed by atoms with Crippen LogP contribution in [0, 0.1) is 0 Å². The van der Waals surface area contributed by atoms with Gasteiger partial charge in [-0.2, -0.15) is 0 Å². The maximum Gasteiger partial charge on any atom is 0.242 e. The van der Waals surface area contributed by atoms with Crippen LogP contribution in [0.4, 0.5) is 5.69 Å². The van der Waals surface area contributed by atoms with E-state index in [9.17, 15) is 18.0 Å². The van der Waals surface area contributed by atoms with Crippen LogP contribution in [0.5, 0.6) is 5.75 Å². The highest BCUT2D eigenvalue weighted by molar-refractivity contribution is 7.92. The molecule has 0 bridgehead atoms. The van der Waals surface area contributed by atoms with Crippen molar-refractivity contribution in [1.29, 1.82) is 0 Å². The van der Waals surface area contributed by atoms with E-state index in [4.69, 9.17) is 16.3 Å². The fourth-order valence-electron chi connectivity index (χ4n) is 3.76. The third kappa shape index (κ3) is 9.23. The molecule has 0 fully saturated rings. The van der Waals surface area contributed by atoms with Crippen LogP contribution in [0.3, 0.4) is 0 Å². The lowest BCUT2D eigenvalue weighted by molar-refractivity contribution is -0.140. The Bertz CT molecular complexity index is 1140. The number of hydrogen-bond acceptors (Lipinski definition) is 5. The Morgan fingerprint density at radius 3 is 2.30 bits per heavy atom. The highest BCUT2D eigenvalue weighted by Crippen LogP contribution is 2.30. The summed E-state index contributed by atoms with van der Waals surface area (Å²) in [6.07, 6.45) is 2.24. The van der Waals surface area contributed by atoms with E-state index in [-0.39, 0.29) is 43.8 Å². The van der Waals surface area contributed by atoms with Gasteiger partial charge in [-0.05, 0) is 63.4 Å². The maximum atomic E-state index is 13.4. The largest absolute Gasteiger partial charge is 0.492 e. The van der Waals surface area contributed by atoms with Crippen molar-refractivity contribution in [3.63, 3.8) is 0 Å². The van der Waals surface area contributed by atoms with Crippen molar-refractivity contribution >= 4 is 39.1 Å². The van der Waals surface area contributed by atoms with Gasteiger partial charge in [0.05, 0.1) is 18.6 Å². The first kappa shape index (κ1) is 30.4. The van der Waals surface area contributed by atoms with E-state index in [1.807, 2.05) is 32.9 Å². The zero-order chi connectivity index (χ0) is 27.6. The monoisotopic (exact) mass is 551 g/mol. The molecule has 0 aliphatic rings. The topological polar surface area (TPSA) is 96.0 Å². The lowest BCUT2D eigenvalue weighted by Gasteiger charge is -2.30. The molecule has 0 saturated carbocycles. The molecule has 37 heavy (non-hydrogen) atoms. The minimum absolute atomic E-state index is 0.0174. The fourth-order valence-corrected chi connectivity index (χ4v) is 4.85. The summed E-state index contributed by atoms with van der Waals surface area (Å²) in [5.74, 6) is -0.0187. The summed E-state index contributed by atoms with van der Waals surface area (Å²) in [4.78, 5) is 27.8. The van der Waals surface area contributed by atoms with Gasteiger partial charge in [0.15, 0.2) is 0 Å². The third-order valence-electron chi connectivity index (χ3n) is 6.02. The number of rotatable bonds is 14. The Morgan fingerprint density at radius 2 is 1.70 bits per heavy atom. The summed E-state index contributed by atoms with van der Waals surface area (Å²) in [6.45, 7) is 8.13. The van der Waals surface area contributed by atoms with Gasteiger partial charge in [-0.25, -0.2) is 8.42 Å². The Kier molecular flexibility index (Phi) is 11.7. The van der Waals surface area contributed by atoms with E-state index in [1.165, 1.54) is 9.21 Å². The molecule has 8 nitrogen and oxygen atoms in total. The Hall–Kier alpha value is -2.78. The van der Waals surface area contributed by atoms with Gasteiger partial charge in [-0.1, -0.05) is 42.8 Å². The number of anilines is 1. The van der Waals surface area contributed by atoms with Crippen molar-refractivity contribution in [3.8, 4) is 5.75 Å². The van der Waals surface area contributed by atoms with Gasteiger partial charge in [0.1, 0.15) is 11.8 Å². The smallest absolute Gasteiger partial charge is 0.242 e. The van der Waals surface area contributed by atoms with Crippen LogP contribution >= 0.6 is 11.6 Å². The summed E-state index contributed by atoms with van der Waals surface area (Å²) in [6, 6.07) is 13.3. The van der Waals surface area contributed by atoms with E-state index in [2.05, 4.69) is 5.32 Å². The summed E-state index contributed by atoms with van der Waals surface area (Å²) in [7, 11) is -3.62. The summed E-state index contributed by atoms with van der Waals surface area (Å²) in [5.41, 5.74) is 1.27. The average Bonchev–Trinajstić information content (AvgIpc) is 2.85. The van der Waals surface area contributed by atoms with E-state index < -0.39 is 16.1 Å². The molecule has 2 aromatic rings. The highest BCUT2D eigenvalue weighted by atomic mass is 35.5. The van der Waals surface area contributed by atoms with Crippen molar-refractivity contribution in [1.82, 2.24) is 10.2 Å². The number of halogens is 1. The second kappa shape index (κ2) is 14.2. The molecular formula is C27H38ClN3O5S. The van der Waals surface area contributed by atoms with Gasteiger partial charge in [0.2, 0.25) is 21.8 Å². The number of benzene rings is 2. The number of nitrogens with zero attached hydrogens (tertiary/aromatic N) is 2. The Morgan fingerprint density at radius 1 is 1.05 bits per heavy atom. The zero-order valence-corrected chi connectivity index (χ0v) is 23.8. The number of carbonyl (C=O) groups is 2. The van der Waals surface area contributed by atoms with Crippen molar-refractivity contribution in [2.45, 2.75) is 65.6 Å². The number of hydrogen-bond donors (Lipinski definition) is 1. The molecule has 1 N–H and O–H groups in total. The minimum atomic E-state index is -3.62. The van der Waals surface area contributed by atoms with E-state index in [0.29, 0.717) is 23.1 Å². The normalized spacial score (nSPS) is 12.9. The standard InChI is InChI=1S/C27H38ClN3O5S/c1-6-20(3)29-27(33)21(4)30(19-22-14-16-23(28)17-15-22)26(32)13-10-18-31(37(5,34)35)24-11-8-9-12-25(24)36-7-2/h8-9,11-12,14-17,20-21H,6-7,10,13,18-19H2,1-5H3,(H,29,33)/t20-,21+/m0/s1. The van der Waals surface area contributed by atoms with E-state index in [1.54, 1.807) is 43.3 Å². The molecule has 0 unspecified atom stereocenters. The number of nitrogens with one attached hydrogen (secondary N) is 1. The van der Waals surface area contributed by atoms with Crippen LogP contribution in [0.2, 0.25) is 5.02 Å². The Labute approximate surface area is 226 Å². The average molecular weight is 552 g/mol. The lowest BCUT2D eigenvalue weighted by atomic mass is 10.1. The number of amides is 2. The maximum absolute atomic E-state index is 13.4. The molecule has 2 aromatic carbocycles. The van der Waals surface area contributed by atoms with Gasteiger partial charge < -0.3 is 15.0 Å². The molecule has 0 aliphatic heterocycles. The van der Waals surface area contributed by atoms with Gasteiger partial charge in [-0.3, -0.25) is 13.9 Å². The van der Waals surface area contributed by atoms with Crippen LogP contribution in [0.1, 0.15) is 52.5 Å². The zero-order valence-electron chi connectivity index (χ0n) is 22.2. The second-order valence-electron chi connectivity index (χ2n) is 8.98. The van der Waals surface area contributed by atoms with Gasteiger partial charge in [0, 0.05) is 30.6 Å². The summed E-state index contributed by atoms with van der Waals surface area (Å²) < 4.78 is 32.1. The molecular weight excluding hydrogens is 514 g/mol. The lowest BCUT2D eigenvalue weighted by Crippen LogP contribution is -2.49. The molecule has 0 saturated heterocycles. The number of carbonyl (C=O) groups excluding carboxylic acids is 2. The molecule has 10 heteroatoms. The van der Waals surface area contributed by atoms with Crippen molar-refractivity contribution in [2.24, 2.45) is 0 Å². The fraction of sp³-hybridized carbons (Fsp3) is 0.481. The van der Waals surface area contributed by atoms with Crippen molar-refractivity contribution in [2.75, 3.05) is 23.7 Å². The van der Waals surface area contributed by atoms with Crippen LogP contribution in [-0.2, 0) is 26.2 Å². The van der Waals surface area contributed by atoms with E-state index >= 15 is 0 Å². The van der Waals surface area contributed by atoms with Crippen LogP contribution in [0.25, 0.3) is 0 Å². The number of sulfonamides is 1. The molecule has 2 rings (SSSR count). The molecule has 204 valence electrons. The molecule has 0 radical (unpaired) electrons. The number of ether oxygens (including phenoxy) is 1. The van der Waals surface area contributed by atoms with Gasteiger partial charge in [-0.15, -0.1) is 0 Å². The SMILES string of the molecule is CCOc1ccccc1N(CCCC(=O)N(Cc1ccc(Cl)cc1)[C@H](C)C(=O)N[C@@H](C)CC)S(C)(=O)=O. The van der Waals surface area contributed by atoms with Crippen LogP contribution < -0.4 is 14.4 Å². The van der Waals surface area contributed by atoms with Gasteiger partial charge in [0.25, 0.3) is 0 Å². The highest BCUT2D eigenvalue weighted by Gasteiger charge is 2.27. The summed E-state index contributed by atoms with van der Waals surface area (Å²) >= 11 is 6.01. The van der Waals surface area contributed by atoms with Gasteiger partial charge >= 0.3 is 0 Å². The predicted molar refractivity (Wildman–Crippen MR) is 148 cm³/mol. The third-order valence-corrected chi connectivity index (χ3v) is 7.45. The molecule has 2 atom stereocenters. The molecule has 0 aliphatic carbocycles. The first-order valence-electron chi connectivity index (χ1n) is 12.5. The quantitative estimate of drug-likeness (QED) is 0.370. The summed E-state index contributed by atoms with van der Waals surface area (Å²) in [5, 5.41) is 3.52. The first-order valence-corrected chi connectivity index (χ1v) is 14.7. The molecule has 0 aromatic heterocycles. The van der Waals surface area contributed by atoms with Crippen LogP contribution in [-0.4, -0.2) is 56.6 Å². The van der Waals surface area contributed by atoms with Crippen molar-refractivity contribution < 1.29 is 22.7 Å². The van der Waals surface area contributed by atoms with Crippen molar-refractivity contribution in [3.05, 3.63) is 59.1 Å². The second-order valence-corrected chi connectivity index (χ2v) is 11.3. The molecule has 0 heterocycles. The van der Waals surface area contributed by atoms with Crippen LogP contribution in [0.15, 0.2) is 48.5 Å². The predicted octanol–water partition coefficient (Wildman–Crippen LogP) is 4.62.